The van der Waals surface area contributed by atoms with E-state index >= 15 is 0 Å². The summed E-state index contributed by atoms with van der Waals surface area (Å²) in [6.45, 7) is 3.63. The molecule has 2 rings (SSSR count). The third kappa shape index (κ3) is 2.70. The van der Waals surface area contributed by atoms with Gasteiger partial charge in [0.2, 0.25) is 0 Å². The highest BCUT2D eigenvalue weighted by molar-refractivity contribution is 6.30. The molecular formula is C11H13ClF2N2. The van der Waals surface area contributed by atoms with Gasteiger partial charge in [-0.25, -0.2) is 8.78 Å². The zero-order chi connectivity index (χ0) is 11.5. The Balaban J connectivity index is 2.14. The molecule has 0 aromatic heterocycles. The first-order valence-electron chi connectivity index (χ1n) is 5.23. The zero-order valence-corrected chi connectivity index (χ0v) is 9.53. The van der Waals surface area contributed by atoms with Crippen molar-refractivity contribution in [3.63, 3.8) is 0 Å². The van der Waals surface area contributed by atoms with E-state index in [-0.39, 0.29) is 10.6 Å². The molecule has 0 atom stereocenters. The summed E-state index contributed by atoms with van der Waals surface area (Å²) in [5.41, 5.74) is 0.103. The van der Waals surface area contributed by atoms with Gasteiger partial charge < -0.3 is 5.32 Å². The van der Waals surface area contributed by atoms with Gasteiger partial charge >= 0.3 is 0 Å². The molecule has 0 saturated carbocycles. The Morgan fingerprint density at radius 3 is 2.31 bits per heavy atom. The number of rotatable bonds is 2. The van der Waals surface area contributed by atoms with E-state index in [4.69, 9.17) is 11.6 Å². The quantitative estimate of drug-likeness (QED) is 0.859. The molecule has 88 valence electrons. The number of nitrogens with one attached hydrogen (secondary N) is 1. The molecule has 0 unspecified atom stereocenters. The molecule has 1 saturated heterocycles. The van der Waals surface area contributed by atoms with E-state index in [1.807, 2.05) is 4.90 Å². The number of hydrogen-bond acceptors (Lipinski definition) is 2. The van der Waals surface area contributed by atoms with E-state index in [0.717, 1.165) is 38.3 Å². The molecule has 0 amide bonds. The number of benzene rings is 1. The van der Waals surface area contributed by atoms with Crippen LogP contribution < -0.4 is 5.32 Å². The Morgan fingerprint density at radius 2 is 1.75 bits per heavy atom. The summed E-state index contributed by atoms with van der Waals surface area (Å²) >= 11 is 5.56. The maximum Gasteiger partial charge on any atom is 0.132 e. The summed E-state index contributed by atoms with van der Waals surface area (Å²) in [7, 11) is 0. The van der Waals surface area contributed by atoms with Crippen LogP contribution in [-0.2, 0) is 6.54 Å². The number of nitrogens with zero attached hydrogens (tertiary/aromatic N) is 1. The monoisotopic (exact) mass is 246 g/mol. The van der Waals surface area contributed by atoms with Crippen LogP contribution >= 0.6 is 11.6 Å². The Morgan fingerprint density at radius 1 is 1.19 bits per heavy atom. The minimum absolute atomic E-state index is 0.0964. The van der Waals surface area contributed by atoms with Gasteiger partial charge in [0.1, 0.15) is 11.6 Å². The SMILES string of the molecule is Fc1cc(Cl)cc(F)c1CN1CCNCC1. The van der Waals surface area contributed by atoms with Crippen LogP contribution in [-0.4, -0.2) is 31.1 Å². The lowest BCUT2D eigenvalue weighted by molar-refractivity contribution is 0.227. The molecule has 16 heavy (non-hydrogen) atoms. The lowest BCUT2D eigenvalue weighted by Crippen LogP contribution is -2.43. The third-order valence-electron chi connectivity index (χ3n) is 2.70. The van der Waals surface area contributed by atoms with Crippen molar-refractivity contribution >= 4 is 11.6 Å². The fourth-order valence-electron chi connectivity index (χ4n) is 1.82. The van der Waals surface area contributed by atoms with Gasteiger partial charge in [0, 0.05) is 43.3 Å². The van der Waals surface area contributed by atoms with Gasteiger partial charge in [-0.2, -0.15) is 0 Å². The summed E-state index contributed by atoms with van der Waals surface area (Å²) in [5, 5.41) is 3.28. The van der Waals surface area contributed by atoms with E-state index in [0.29, 0.717) is 6.54 Å². The van der Waals surface area contributed by atoms with Gasteiger partial charge in [-0.1, -0.05) is 11.6 Å². The first kappa shape index (κ1) is 11.8. The molecule has 0 radical (unpaired) electrons. The lowest BCUT2D eigenvalue weighted by Gasteiger charge is -2.27. The van der Waals surface area contributed by atoms with Crippen molar-refractivity contribution in [2.75, 3.05) is 26.2 Å². The van der Waals surface area contributed by atoms with Crippen molar-refractivity contribution in [1.82, 2.24) is 10.2 Å². The maximum absolute atomic E-state index is 13.5. The van der Waals surface area contributed by atoms with Crippen LogP contribution in [0.1, 0.15) is 5.56 Å². The van der Waals surface area contributed by atoms with Gasteiger partial charge in [-0.15, -0.1) is 0 Å². The molecule has 2 nitrogen and oxygen atoms in total. The molecule has 1 aliphatic heterocycles. The fraction of sp³-hybridized carbons (Fsp3) is 0.455. The van der Waals surface area contributed by atoms with Crippen molar-refractivity contribution in [3.8, 4) is 0 Å². The second-order valence-corrected chi connectivity index (χ2v) is 4.31. The Bertz CT molecular complexity index is 355. The Hall–Kier alpha value is -0.710. The zero-order valence-electron chi connectivity index (χ0n) is 8.77. The first-order valence-corrected chi connectivity index (χ1v) is 5.61. The minimum atomic E-state index is -0.566. The average molecular weight is 247 g/mol. The molecule has 1 heterocycles. The van der Waals surface area contributed by atoms with E-state index in [1.54, 1.807) is 0 Å². The highest BCUT2D eigenvalue weighted by Gasteiger charge is 2.16. The minimum Gasteiger partial charge on any atom is -0.314 e. The van der Waals surface area contributed by atoms with Crippen molar-refractivity contribution in [1.29, 1.82) is 0 Å². The highest BCUT2D eigenvalue weighted by Crippen LogP contribution is 2.20. The molecule has 1 N–H and O–H groups in total. The predicted octanol–water partition coefficient (Wildman–Crippen LogP) is 2.02. The van der Waals surface area contributed by atoms with Crippen molar-refractivity contribution < 1.29 is 8.78 Å². The summed E-state index contributed by atoms with van der Waals surface area (Å²) in [5.74, 6) is -1.13. The van der Waals surface area contributed by atoms with Crippen LogP contribution in [0.25, 0.3) is 0 Å². The van der Waals surface area contributed by atoms with Crippen LogP contribution in [0, 0.1) is 11.6 Å². The summed E-state index contributed by atoms with van der Waals surface area (Å²) in [4.78, 5) is 2.02. The third-order valence-corrected chi connectivity index (χ3v) is 2.92. The predicted molar refractivity (Wildman–Crippen MR) is 59.5 cm³/mol. The molecule has 5 heteroatoms. The van der Waals surface area contributed by atoms with E-state index in [1.165, 1.54) is 0 Å². The molecule has 0 aliphatic carbocycles. The second kappa shape index (κ2) is 5.08. The van der Waals surface area contributed by atoms with Crippen LogP contribution in [0.2, 0.25) is 5.02 Å². The Labute approximate surface area is 98.2 Å². The van der Waals surface area contributed by atoms with E-state index in [2.05, 4.69) is 5.32 Å². The van der Waals surface area contributed by atoms with Gasteiger partial charge in [0.25, 0.3) is 0 Å². The standard InChI is InChI=1S/C11H13ClF2N2/c12-8-5-10(13)9(11(14)6-8)7-16-3-1-15-2-4-16/h5-6,15H,1-4,7H2. The van der Waals surface area contributed by atoms with Gasteiger partial charge in [0.05, 0.1) is 0 Å². The normalized spacial score (nSPS) is 17.7. The molecule has 1 aromatic carbocycles. The van der Waals surface area contributed by atoms with Crippen LogP contribution in [0.5, 0.6) is 0 Å². The molecular weight excluding hydrogens is 234 g/mol. The van der Waals surface area contributed by atoms with Crippen LogP contribution in [0.15, 0.2) is 12.1 Å². The largest absolute Gasteiger partial charge is 0.314 e. The van der Waals surface area contributed by atoms with E-state index < -0.39 is 11.6 Å². The van der Waals surface area contributed by atoms with Gasteiger partial charge in [-0.05, 0) is 12.1 Å². The van der Waals surface area contributed by atoms with Crippen LogP contribution in [0.3, 0.4) is 0 Å². The topological polar surface area (TPSA) is 15.3 Å². The molecule has 1 aliphatic rings. The van der Waals surface area contributed by atoms with Crippen molar-refractivity contribution in [3.05, 3.63) is 34.4 Å². The van der Waals surface area contributed by atoms with Crippen molar-refractivity contribution in [2.45, 2.75) is 6.54 Å². The Kier molecular flexibility index (Phi) is 3.74. The molecule has 1 aromatic rings. The number of hydrogen-bond donors (Lipinski definition) is 1. The van der Waals surface area contributed by atoms with Gasteiger partial charge in [0.15, 0.2) is 0 Å². The summed E-state index contributed by atoms with van der Waals surface area (Å²) < 4.78 is 27.0. The summed E-state index contributed by atoms with van der Waals surface area (Å²) in [6, 6.07) is 2.31. The second-order valence-electron chi connectivity index (χ2n) is 3.87. The molecule has 1 fully saturated rings. The molecule has 0 bridgehead atoms. The smallest absolute Gasteiger partial charge is 0.132 e. The number of piperazine rings is 1. The highest BCUT2D eigenvalue weighted by atomic mass is 35.5. The van der Waals surface area contributed by atoms with E-state index in [9.17, 15) is 8.78 Å². The summed E-state index contributed by atoms with van der Waals surface area (Å²) in [6.07, 6.45) is 0. The number of halogens is 3. The average Bonchev–Trinajstić information content (AvgIpc) is 2.25. The molecule has 0 spiro atoms. The van der Waals surface area contributed by atoms with Crippen molar-refractivity contribution in [2.24, 2.45) is 0 Å². The lowest BCUT2D eigenvalue weighted by atomic mass is 10.1. The van der Waals surface area contributed by atoms with Gasteiger partial charge in [-0.3, -0.25) is 4.90 Å². The first-order chi connectivity index (χ1) is 7.66. The van der Waals surface area contributed by atoms with Crippen LogP contribution in [0.4, 0.5) is 8.78 Å². The fourth-order valence-corrected chi connectivity index (χ4v) is 2.01. The maximum atomic E-state index is 13.5.